The number of carbonyl (C=O) groups excluding carboxylic acids is 2. The van der Waals surface area contributed by atoms with E-state index in [0.29, 0.717) is 11.3 Å². The lowest BCUT2D eigenvalue weighted by molar-refractivity contribution is -0.139. The maximum atomic E-state index is 14.0. The number of nitrogens with zero attached hydrogens (tertiary/aromatic N) is 2. The van der Waals surface area contributed by atoms with Crippen molar-refractivity contribution in [2.45, 2.75) is 36.2 Å². The van der Waals surface area contributed by atoms with Crippen molar-refractivity contribution in [2.24, 2.45) is 0 Å². The summed E-state index contributed by atoms with van der Waals surface area (Å²) in [6, 6.07) is 17.6. The van der Waals surface area contributed by atoms with Crippen LogP contribution in [0.5, 0.6) is 5.75 Å². The predicted octanol–water partition coefficient (Wildman–Crippen LogP) is 4.30. The van der Waals surface area contributed by atoms with Crippen molar-refractivity contribution in [3.05, 3.63) is 84.2 Å². The monoisotopic (exact) mass is 573 g/mol. The Balaban J connectivity index is 2.08. The average molecular weight is 574 g/mol. The van der Waals surface area contributed by atoms with Crippen LogP contribution in [-0.4, -0.2) is 57.6 Å². The number of likely N-dealkylation sites (N-methyl/N-ethyl adjacent to an activating group) is 1. The van der Waals surface area contributed by atoms with E-state index in [9.17, 15) is 22.4 Å². The van der Waals surface area contributed by atoms with E-state index in [0.717, 1.165) is 9.20 Å². The second-order valence-electron chi connectivity index (χ2n) is 8.53. The van der Waals surface area contributed by atoms with Crippen molar-refractivity contribution in [1.82, 2.24) is 10.2 Å². The van der Waals surface area contributed by atoms with Crippen LogP contribution in [0.3, 0.4) is 0 Å². The van der Waals surface area contributed by atoms with Crippen LogP contribution in [0.1, 0.15) is 19.4 Å². The number of halogens is 1. The van der Waals surface area contributed by atoms with Gasteiger partial charge in [0.05, 0.1) is 17.2 Å². The SMILES string of the molecule is CCOc1ccccc1N(CC(=O)N(Cc1ccc(F)cc1)[C@H](C)C(=O)NC)S(=O)(=O)c1ccc(SC)cc1. The Morgan fingerprint density at radius 2 is 1.67 bits per heavy atom. The molecule has 0 bridgehead atoms. The van der Waals surface area contributed by atoms with Crippen LogP contribution in [-0.2, 0) is 26.2 Å². The van der Waals surface area contributed by atoms with E-state index in [4.69, 9.17) is 4.74 Å². The van der Waals surface area contributed by atoms with Gasteiger partial charge in [-0.05, 0) is 74.2 Å². The molecule has 3 aromatic rings. The van der Waals surface area contributed by atoms with Gasteiger partial charge < -0.3 is 15.0 Å². The highest BCUT2D eigenvalue weighted by atomic mass is 32.2. The molecule has 3 aromatic carbocycles. The summed E-state index contributed by atoms with van der Waals surface area (Å²) in [5.74, 6) is -1.19. The highest BCUT2D eigenvalue weighted by Crippen LogP contribution is 2.33. The fourth-order valence-electron chi connectivity index (χ4n) is 3.91. The van der Waals surface area contributed by atoms with Crippen LogP contribution in [0.2, 0.25) is 0 Å². The van der Waals surface area contributed by atoms with Gasteiger partial charge in [0.25, 0.3) is 10.0 Å². The van der Waals surface area contributed by atoms with E-state index >= 15 is 0 Å². The third-order valence-corrected chi connectivity index (χ3v) is 8.56. The average Bonchev–Trinajstić information content (AvgIpc) is 2.95. The van der Waals surface area contributed by atoms with Gasteiger partial charge in [0.2, 0.25) is 11.8 Å². The molecule has 3 rings (SSSR count). The molecule has 0 fully saturated rings. The van der Waals surface area contributed by atoms with Crippen molar-refractivity contribution in [2.75, 3.05) is 30.8 Å². The summed E-state index contributed by atoms with van der Waals surface area (Å²) in [4.78, 5) is 28.5. The molecule has 2 amide bonds. The lowest BCUT2D eigenvalue weighted by Gasteiger charge is -2.32. The van der Waals surface area contributed by atoms with Gasteiger partial charge in [-0.15, -0.1) is 11.8 Å². The molecule has 0 spiro atoms. The summed E-state index contributed by atoms with van der Waals surface area (Å²) in [7, 11) is -2.78. The molecule has 0 saturated heterocycles. The number of sulfonamides is 1. The molecule has 0 radical (unpaired) electrons. The first-order valence-electron chi connectivity index (χ1n) is 12.3. The number of nitrogens with one attached hydrogen (secondary N) is 1. The molecule has 1 atom stereocenters. The van der Waals surface area contributed by atoms with E-state index in [1.807, 2.05) is 6.26 Å². The van der Waals surface area contributed by atoms with Crippen molar-refractivity contribution >= 4 is 39.3 Å². The van der Waals surface area contributed by atoms with E-state index in [2.05, 4.69) is 5.32 Å². The minimum absolute atomic E-state index is 0.00355. The van der Waals surface area contributed by atoms with Crippen molar-refractivity contribution in [3.8, 4) is 5.75 Å². The van der Waals surface area contributed by atoms with E-state index in [1.54, 1.807) is 50.2 Å². The zero-order chi connectivity index (χ0) is 28.6. The predicted molar refractivity (Wildman–Crippen MR) is 151 cm³/mol. The molecule has 0 unspecified atom stereocenters. The highest BCUT2D eigenvalue weighted by molar-refractivity contribution is 7.98. The summed E-state index contributed by atoms with van der Waals surface area (Å²) in [6.07, 6.45) is 1.89. The number of benzene rings is 3. The third kappa shape index (κ3) is 7.30. The Morgan fingerprint density at radius 3 is 2.26 bits per heavy atom. The number of ether oxygens (including phenoxy) is 1. The van der Waals surface area contributed by atoms with Gasteiger partial charge in [0.1, 0.15) is 24.2 Å². The number of hydrogen-bond acceptors (Lipinski definition) is 6. The maximum absolute atomic E-state index is 14.0. The molecule has 0 heterocycles. The van der Waals surface area contributed by atoms with E-state index < -0.39 is 40.2 Å². The number of amides is 2. The third-order valence-electron chi connectivity index (χ3n) is 6.04. The summed E-state index contributed by atoms with van der Waals surface area (Å²) >= 11 is 1.48. The Labute approximate surface area is 233 Å². The molecule has 208 valence electrons. The summed E-state index contributed by atoms with van der Waals surface area (Å²) in [6.45, 7) is 2.98. The standard InChI is InChI=1S/C28H32FN3O5S2/c1-5-37-26-9-7-6-8-25(26)32(39(35,36)24-16-14-23(38-4)15-17-24)19-27(33)31(20(2)28(34)30-3)18-21-10-12-22(29)13-11-21/h6-17,20H,5,18-19H2,1-4H3,(H,30,34)/t20-/m1/s1. The van der Waals surface area contributed by atoms with Gasteiger partial charge in [-0.2, -0.15) is 0 Å². The van der Waals surface area contributed by atoms with E-state index in [-0.39, 0.29) is 23.7 Å². The molecule has 39 heavy (non-hydrogen) atoms. The zero-order valence-corrected chi connectivity index (χ0v) is 23.9. The van der Waals surface area contributed by atoms with Gasteiger partial charge in [0, 0.05) is 18.5 Å². The van der Waals surface area contributed by atoms with Crippen LogP contribution in [0.4, 0.5) is 10.1 Å². The quantitative estimate of drug-likeness (QED) is 0.325. The lowest BCUT2D eigenvalue weighted by Crippen LogP contribution is -2.50. The Bertz CT molecular complexity index is 1380. The normalized spacial score (nSPS) is 11.9. The molecule has 0 saturated carbocycles. The van der Waals surface area contributed by atoms with E-state index in [1.165, 1.54) is 60.1 Å². The largest absolute Gasteiger partial charge is 0.492 e. The first kappa shape index (κ1) is 30.0. The van der Waals surface area contributed by atoms with Gasteiger partial charge in [0.15, 0.2) is 0 Å². The lowest BCUT2D eigenvalue weighted by atomic mass is 10.1. The van der Waals surface area contributed by atoms with Crippen LogP contribution >= 0.6 is 11.8 Å². The molecular weight excluding hydrogens is 541 g/mol. The first-order chi connectivity index (χ1) is 18.6. The first-order valence-corrected chi connectivity index (χ1v) is 14.9. The van der Waals surface area contributed by atoms with Gasteiger partial charge in [-0.1, -0.05) is 24.3 Å². The summed E-state index contributed by atoms with van der Waals surface area (Å²) < 4.78 is 48.1. The molecule has 0 aliphatic carbocycles. The minimum Gasteiger partial charge on any atom is -0.492 e. The van der Waals surface area contributed by atoms with Crippen LogP contribution in [0.25, 0.3) is 0 Å². The summed E-state index contributed by atoms with van der Waals surface area (Å²) in [5.41, 5.74) is 0.772. The van der Waals surface area contributed by atoms with Crippen LogP contribution in [0, 0.1) is 5.82 Å². The summed E-state index contributed by atoms with van der Waals surface area (Å²) in [5, 5.41) is 2.53. The molecule has 1 N–H and O–H groups in total. The number of hydrogen-bond donors (Lipinski definition) is 1. The number of rotatable bonds is 12. The fourth-order valence-corrected chi connectivity index (χ4v) is 5.74. The van der Waals surface area contributed by atoms with Gasteiger partial charge in [-0.25, -0.2) is 12.8 Å². The molecule has 0 aliphatic rings. The number of anilines is 1. The fraction of sp³-hybridized carbons (Fsp3) is 0.286. The smallest absolute Gasteiger partial charge is 0.264 e. The number of para-hydroxylation sites is 2. The molecule has 8 nitrogen and oxygen atoms in total. The topological polar surface area (TPSA) is 96.0 Å². The Hall–Kier alpha value is -3.57. The minimum atomic E-state index is -4.23. The van der Waals surface area contributed by atoms with Gasteiger partial charge >= 0.3 is 0 Å². The molecule has 0 aromatic heterocycles. The number of thioether (sulfide) groups is 1. The number of carbonyl (C=O) groups is 2. The van der Waals surface area contributed by atoms with Crippen LogP contribution in [0.15, 0.2) is 82.6 Å². The second kappa shape index (κ2) is 13.5. The molecule has 11 heteroatoms. The molecule has 0 aliphatic heterocycles. The molecular formula is C28H32FN3O5S2. The van der Waals surface area contributed by atoms with Crippen molar-refractivity contribution < 1.29 is 27.1 Å². The van der Waals surface area contributed by atoms with Crippen molar-refractivity contribution in [1.29, 1.82) is 0 Å². The maximum Gasteiger partial charge on any atom is 0.264 e. The zero-order valence-electron chi connectivity index (χ0n) is 22.3. The van der Waals surface area contributed by atoms with Crippen molar-refractivity contribution in [3.63, 3.8) is 0 Å². The second-order valence-corrected chi connectivity index (χ2v) is 11.3. The highest BCUT2D eigenvalue weighted by Gasteiger charge is 2.33. The van der Waals surface area contributed by atoms with Crippen LogP contribution < -0.4 is 14.4 Å². The Morgan fingerprint density at radius 1 is 1.03 bits per heavy atom. The Kier molecular flexibility index (Phi) is 10.4. The van der Waals surface area contributed by atoms with Gasteiger partial charge in [-0.3, -0.25) is 13.9 Å².